The van der Waals surface area contributed by atoms with Gasteiger partial charge in [0.1, 0.15) is 5.00 Å². The van der Waals surface area contributed by atoms with Crippen LogP contribution in [0, 0.1) is 6.92 Å². The topological polar surface area (TPSA) is 86.7 Å². The Morgan fingerprint density at radius 2 is 1.83 bits per heavy atom. The smallest absolute Gasteiger partial charge is 0.339 e. The van der Waals surface area contributed by atoms with Crippen LogP contribution in [0.15, 0.2) is 0 Å². The molecule has 0 aliphatic carbocycles. The number of hydrogen-bond acceptors (Lipinski definition) is 4. The molecule has 1 heterocycles. The molecule has 0 aliphatic rings. The van der Waals surface area contributed by atoms with Crippen molar-refractivity contribution in [1.82, 2.24) is 4.90 Å². The number of carboxylic acids is 1. The van der Waals surface area contributed by atoms with E-state index in [-0.39, 0.29) is 22.4 Å². The summed E-state index contributed by atoms with van der Waals surface area (Å²) >= 11 is 0.975. The summed E-state index contributed by atoms with van der Waals surface area (Å²) in [6.45, 7) is 2.84. The molecule has 98 valence electrons. The van der Waals surface area contributed by atoms with E-state index in [9.17, 15) is 14.4 Å². The van der Waals surface area contributed by atoms with E-state index in [2.05, 4.69) is 5.32 Å². The lowest BCUT2D eigenvalue weighted by Gasteiger charge is -2.08. The van der Waals surface area contributed by atoms with Crippen molar-refractivity contribution in [2.45, 2.75) is 13.8 Å². The number of hydrogen-bond donors (Lipinski definition) is 2. The Balaban J connectivity index is 3.36. The van der Waals surface area contributed by atoms with E-state index in [1.165, 1.54) is 11.8 Å². The lowest BCUT2D eigenvalue weighted by atomic mass is 10.1. The number of thiophene rings is 1. The zero-order valence-electron chi connectivity index (χ0n) is 10.5. The predicted octanol–water partition coefficient (Wildman–Crippen LogP) is 1.41. The largest absolute Gasteiger partial charge is 0.478 e. The molecule has 1 aromatic rings. The van der Waals surface area contributed by atoms with Gasteiger partial charge in [0.05, 0.1) is 10.4 Å². The number of carbonyl (C=O) groups is 3. The van der Waals surface area contributed by atoms with Gasteiger partial charge < -0.3 is 15.3 Å². The first-order valence-electron chi connectivity index (χ1n) is 5.11. The van der Waals surface area contributed by atoms with Gasteiger partial charge in [0.25, 0.3) is 5.91 Å². The van der Waals surface area contributed by atoms with Crippen LogP contribution in [0.4, 0.5) is 5.00 Å². The van der Waals surface area contributed by atoms with E-state index < -0.39 is 5.97 Å². The fourth-order valence-corrected chi connectivity index (χ4v) is 2.69. The van der Waals surface area contributed by atoms with Crippen LogP contribution >= 0.6 is 11.3 Å². The molecule has 2 amide bonds. The summed E-state index contributed by atoms with van der Waals surface area (Å²) in [6.07, 6.45) is 0. The molecule has 0 unspecified atom stereocenters. The molecular formula is C11H14N2O4S. The highest BCUT2D eigenvalue weighted by Gasteiger charge is 2.25. The molecule has 1 rings (SSSR count). The summed E-state index contributed by atoms with van der Waals surface area (Å²) in [5, 5.41) is 11.8. The molecule has 7 heteroatoms. The molecule has 0 saturated carbocycles. The monoisotopic (exact) mass is 270 g/mol. The van der Waals surface area contributed by atoms with E-state index in [1.807, 2.05) is 0 Å². The van der Waals surface area contributed by atoms with Gasteiger partial charge in [0, 0.05) is 21.0 Å². The third-order valence-electron chi connectivity index (χ3n) is 2.25. The Labute approximate surface area is 108 Å². The number of carboxylic acid groups (broad SMARTS) is 1. The average molecular weight is 270 g/mol. The van der Waals surface area contributed by atoms with Gasteiger partial charge in [-0.1, -0.05) is 0 Å². The summed E-state index contributed by atoms with van der Waals surface area (Å²) in [5.41, 5.74) is 0.343. The summed E-state index contributed by atoms with van der Waals surface area (Å²) in [5.74, 6) is -1.82. The fraction of sp³-hybridized carbons (Fsp3) is 0.364. The molecule has 0 spiro atoms. The molecular weight excluding hydrogens is 256 g/mol. The summed E-state index contributed by atoms with van der Waals surface area (Å²) in [6, 6.07) is 0. The second-order valence-corrected chi connectivity index (χ2v) is 4.97. The van der Waals surface area contributed by atoms with Crippen LogP contribution in [-0.4, -0.2) is 41.9 Å². The van der Waals surface area contributed by atoms with Gasteiger partial charge in [0.2, 0.25) is 5.91 Å². The SMILES string of the molecule is CC(=O)Nc1sc(C(=O)N(C)C)c(C)c1C(=O)O. The summed E-state index contributed by atoms with van der Waals surface area (Å²) < 4.78 is 0. The van der Waals surface area contributed by atoms with Gasteiger partial charge >= 0.3 is 5.97 Å². The Morgan fingerprint density at radius 3 is 2.22 bits per heavy atom. The van der Waals surface area contributed by atoms with Crippen molar-refractivity contribution < 1.29 is 19.5 Å². The molecule has 0 atom stereocenters. The molecule has 0 radical (unpaired) electrons. The molecule has 18 heavy (non-hydrogen) atoms. The number of aromatic carboxylic acids is 1. The maximum absolute atomic E-state index is 11.9. The first-order valence-corrected chi connectivity index (χ1v) is 5.93. The predicted molar refractivity (Wildman–Crippen MR) is 68.3 cm³/mol. The third-order valence-corrected chi connectivity index (χ3v) is 3.45. The quantitative estimate of drug-likeness (QED) is 0.869. The standard InChI is InChI=1S/C11H14N2O4S/c1-5-7(11(16)17)9(12-6(2)14)18-8(5)10(15)13(3)4/h1-4H3,(H,12,14)(H,16,17). The van der Waals surface area contributed by atoms with Crippen LogP contribution in [0.1, 0.15) is 32.5 Å². The minimum absolute atomic E-state index is 0.0274. The number of nitrogens with one attached hydrogen (secondary N) is 1. The van der Waals surface area contributed by atoms with E-state index in [0.29, 0.717) is 10.4 Å². The number of amides is 2. The van der Waals surface area contributed by atoms with Gasteiger partial charge in [-0.2, -0.15) is 0 Å². The maximum Gasteiger partial charge on any atom is 0.339 e. The lowest BCUT2D eigenvalue weighted by molar-refractivity contribution is -0.114. The normalized spacial score (nSPS) is 10.0. The molecule has 0 aliphatic heterocycles. The van der Waals surface area contributed by atoms with Crippen molar-refractivity contribution in [3.63, 3.8) is 0 Å². The zero-order valence-corrected chi connectivity index (χ0v) is 11.3. The Morgan fingerprint density at radius 1 is 1.28 bits per heavy atom. The second-order valence-electron chi connectivity index (χ2n) is 3.95. The van der Waals surface area contributed by atoms with Crippen LogP contribution in [0.5, 0.6) is 0 Å². The van der Waals surface area contributed by atoms with E-state index in [1.54, 1.807) is 21.0 Å². The highest BCUT2D eigenvalue weighted by atomic mass is 32.1. The van der Waals surface area contributed by atoms with E-state index >= 15 is 0 Å². The van der Waals surface area contributed by atoms with Crippen LogP contribution in [-0.2, 0) is 4.79 Å². The van der Waals surface area contributed by atoms with Crippen molar-refractivity contribution >= 4 is 34.1 Å². The first-order chi connectivity index (χ1) is 8.25. The van der Waals surface area contributed by atoms with Crippen molar-refractivity contribution in [3.8, 4) is 0 Å². The van der Waals surface area contributed by atoms with Gasteiger partial charge in [-0.15, -0.1) is 11.3 Å². The maximum atomic E-state index is 11.9. The van der Waals surface area contributed by atoms with Crippen molar-refractivity contribution in [2.24, 2.45) is 0 Å². The zero-order chi connectivity index (χ0) is 14.0. The second kappa shape index (κ2) is 5.18. The van der Waals surface area contributed by atoms with Gasteiger partial charge in [-0.3, -0.25) is 9.59 Å². The molecule has 0 aromatic carbocycles. The van der Waals surface area contributed by atoms with Crippen LogP contribution < -0.4 is 5.32 Å². The van der Waals surface area contributed by atoms with E-state index in [0.717, 1.165) is 11.3 Å². The number of nitrogens with zero attached hydrogens (tertiary/aromatic N) is 1. The van der Waals surface area contributed by atoms with Crippen molar-refractivity contribution in [2.75, 3.05) is 19.4 Å². The minimum Gasteiger partial charge on any atom is -0.478 e. The first kappa shape index (κ1) is 14.2. The summed E-state index contributed by atoms with van der Waals surface area (Å²) in [7, 11) is 3.17. The highest BCUT2D eigenvalue weighted by molar-refractivity contribution is 7.18. The number of anilines is 1. The Kier molecular flexibility index (Phi) is 4.07. The third kappa shape index (κ3) is 2.67. The number of carbonyl (C=O) groups excluding carboxylic acids is 2. The van der Waals surface area contributed by atoms with Crippen molar-refractivity contribution in [3.05, 3.63) is 16.0 Å². The molecule has 2 N–H and O–H groups in total. The van der Waals surface area contributed by atoms with Crippen molar-refractivity contribution in [1.29, 1.82) is 0 Å². The Bertz CT molecular complexity index is 519. The average Bonchev–Trinajstić information content (AvgIpc) is 2.53. The van der Waals surface area contributed by atoms with Crippen LogP contribution in [0.25, 0.3) is 0 Å². The lowest BCUT2D eigenvalue weighted by Crippen LogP contribution is -2.21. The number of rotatable bonds is 3. The van der Waals surface area contributed by atoms with Gasteiger partial charge in [-0.25, -0.2) is 4.79 Å². The molecule has 0 saturated heterocycles. The molecule has 0 bridgehead atoms. The van der Waals surface area contributed by atoms with Gasteiger partial charge in [-0.05, 0) is 12.5 Å². The fourth-order valence-electron chi connectivity index (χ4n) is 1.43. The summed E-state index contributed by atoms with van der Waals surface area (Å²) in [4.78, 5) is 35.7. The van der Waals surface area contributed by atoms with Crippen LogP contribution in [0.3, 0.4) is 0 Å². The Hall–Kier alpha value is -1.89. The van der Waals surface area contributed by atoms with Gasteiger partial charge in [0.15, 0.2) is 0 Å². The van der Waals surface area contributed by atoms with Crippen LogP contribution in [0.2, 0.25) is 0 Å². The molecule has 0 fully saturated rings. The molecule has 6 nitrogen and oxygen atoms in total. The highest BCUT2D eigenvalue weighted by Crippen LogP contribution is 2.33. The minimum atomic E-state index is -1.16. The van der Waals surface area contributed by atoms with E-state index in [4.69, 9.17) is 5.11 Å². The molecule has 1 aromatic heterocycles.